The molecule has 0 aliphatic rings. The molecular weight excluding hydrogens is 212 g/mol. The zero-order valence-corrected chi connectivity index (χ0v) is 10.3. The highest BCUT2D eigenvalue weighted by Gasteiger charge is 2.10. The molecule has 0 atom stereocenters. The molecule has 1 rings (SSSR count). The third-order valence-corrected chi connectivity index (χ3v) is 3.04. The van der Waals surface area contributed by atoms with Crippen LogP contribution < -0.4 is 0 Å². The summed E-state index contributed by atoms with van der Waals surface area (Å²) in [4.78, 5) is 0.183. The van der Waals surface area contributed by atoms with E-state index in [9.17, 15) is 8.42 Å². The van der Waals surface area contributed by atoms with Crippen molar-refractivity contribution < 1.29 is 12.6 Å². The van der Waals surface area contributed by atoms with Gasteiger partial charge in [0.2, 0.25) is 0 Å². The quantitative estimate of drug-likeness (QED) is 0.750. The Balaban J connectivity index is 0.000000423. The Morgan fingerprint density at radius 2 is 1.53 bits per heavy atom. The molecular formula is C11H18O3S. The molecule has 0 amide bonds. The van der Waals surface area contributed by atoms with E-state index < -0.39 is 10.1 Å². The molecule has 0 unspecified atom stereocenters. The van der Waals surface area contributed by atoms with Gasteiger partial charge < -0.3 is 0 Å². The summed E-state index contributed by atoms with van der Waals surface area (Å²) < 4.78 is 26.3. The first kappa shape index (κ1) is 14.1. The van der Waals surface area contributed by atoms with Crippen LogP contribution in [-0.4, -0.2) is 15.5 Å². The number of hydrogen-bond donors (Lipinski definition) is 0. The van der Waals surface area contributed by atoms with Crippen LogP contribution in [0.1, 0.15) is 26.7 Å². The van der Waals surface area contributed by atoms with Crippen LogP contribution in [0.25, 0.3) is 0 Å². The van der Waals surface area contributed by atoms with Crippen LogP contribution >= 0.6 is 0 Å². The highest BCUT2D eigenvalue weighted by molar-refractivity contribution is 7.86. The molecule has 3 nitrogen and oxygen atoms in total. The van der Waals surface area contributed by atoms with Crippen molar-refractivity contribution in [2.45, 2.75) is 31.6 Å². The predicted molar refractivity (Wildman–Crippen MR) is 61.2 cm³/mol. The van der Waals surface area contributed by atoms with Gasteiger partial charge in [-0.15, -0.1) is 0 Å². The third kappa shape index (κ3) is 5.54. The Hall–Kier alpha value is -0.870. The molecule has 0 bridgehead atoms. The molecule has 0 radical (unpaired) electrons. The first-order valence-corrected chi connectivity index (χ1v) is 6.35. The summed E-state index contributed by atoms with van der Waals surface area (Å²) in [6, 6.07) is 8.00. The molecule has 0 heterocycles. The maximum atomic E-state index is 11.0. The zero-order valence-electron chi connectivity index (χ0n) is 9.43. The van der Waals surface area contributed by atoms with E-state index in [1.807, 2.05) is 0 Å². The van der Waals surface area contributed by atoms with Gasteiger partial charge in [0.1, 0.15) is 0 Å². The Kier molecular flexibility index (Phi) is 6.99. The van der Waals surface area contributed by atoms with Crippen LogP contribution in [0.5, 0.6) is 0 Å². The van der Waals surface area contributed by atoms with Crippen molar-refractivity contribution >= 4 is 10.1 Å². The van der Waals surface area contributed by atoms with Crippen molar-refractivity contribution in [2.75, 3.05) is 7.11 Å². The van der Waals surface area contributed by atoms with Crippen molar-refractivity contribution in [1.82, 2.24) is 0 Å². The van der Waals surface area contributed by atoms with Gasteiger partial charge in [0, 0.05) is 0 Å². The van der Waals surface area contributed by atoms with Crippen LogP contribution in [0.2, 0.25) is 0 Å². The number of benzene rings is 1. The predicted octanol–water partition coefficient (Wildman–Crippen LogP) is 2.83. The van der Waals surface area contributed by atoms with E-state index in [1.165, 1.54) is 25.0 Å². The van der Waals surface area contributed by atoms with Gasteiger partial charge in [0.25, 0.3) is 10.1 Å². The molecule has 1 aromatic rings. The van der Waals surface area contributed by atoms with E-state index in [0.717, 1.165) is 7.11 Å². The van der Waals surface area contributed by atoms with Crippen LogP contribution in [0.4, 0.5) is 0 Å². The molecule has 0 saturated carbocycles. The van der Waals surface area contributed by atoms with Crippen LogP contribution in [0, 0.1) is 0 Å². The van der Waals surface area contributed by atoms with Gasteiger partial charge in [-0.1, -0.05) is 44.9 Å². The monoisotopic (exact) mass is 230 g/mol. The van der Waals surface area contributed by atoms with Gasteiger partial charge in [0.05, 0.1) is 12.0 Å². The molecule has 0 N–H and O–H groups in total. The van der Waals surface area contributed by atoms with Gasteiger partial charge in [-0.3, -0.25) is 4.18 Å². The fourth-order valence-electron chi connectivity index (χ4n) is 0.683. The molecule has 86 valence electrons. The van der Waals surface area contributed by atoms with E-state index in [1.54, 1.807) is 18.2 Å². The Morgan fingerprint density at radius 1 is 1.07 bits per heavy atom. The smallest absolute Gasteiger partial charge is 0.270 e. The van der Waals surface area contributed by atoms with E-state index in [0.29, 0.717) is 0 Å². The van der Waals surface area contributed by atoms with Crippen molar-refractivity contribution in [1.29, 1.82) is 0 Å². The Labute approximate surface area is 92.2 Å². The molecule has 0 aliphatic carbocycles. The summed E-state index contributed by atoms with van der Waals surface area (Å²) in [5, 5.41) is 0. The van der Waals surface area contributed by atoms with E-state index in [4.69, 9.17) is 0 Å². The van der Waals surface area contributed by atoms with E-state index in [2.05, 4.69) is 18.0 Å². The topological polar surface area (TPSA) is 43.4 Å². The molecule has 0 fully saturated rings. The molecule has 1 aromatic carbocycles. The second-order valence-electron chi connectivity index (χ2n) is 2.93. The standard InChI is InChI=1S/C7H8O3S.C4H10/c1-10-11(8,9)7-5-3-2-4-6-7;1-3-4-2/h2-6H,1H3;3-4H2,1-2H3. The Morgan fingerprint density at radius 3 is 1.87 bits per heavy atom. The molecule has 0 saturated heterocycles. The lowest BCUT2D eigenvalue weighted by Gasteiger charge is -1.98. The summed E-state index contributed by atoms with van der Waals surface area (Å²) in [6.07, 6.45) is 2.64. The number of unbranched alkanes of at least 4 members (excludes halogenated alkanes) is 1. The van der Waals surface area contributed by atoms with Crippen molar-refractivity contribution in [3.05, 3.63) is 30.3 Å². The van der Waals surface area contributed by atoms with Crippen molar-refractivity contribution in [2.24, 2.45) is 0 Å². The fourth-order valence-corrected chi connectivity index (χ4v) is 1.37. The highest BCUT2D eigenvalue weighted by atomic mass is 32.2. The van der Waals surface area contributed by atoms with Gasteiger partial charge >= 0.3 is 0 Å². The minimum atomic E-state index is -3.50. The summed E-state index contributed by atoms with van der Waals surface area (Å²) >= 11 is 0. The lowest BCUT2D eigenvalue weighted by Crippen LogP contribution is -2.01. The second kappa shape index (κ2) is 7.43. The molecule has 0 aromatic heterocycles. The van der Waals surface area contributed by atoms with Gasteiger partial charge in [-0.05, 0) is 12.1 Å². The lowest BCUT2D eigenvalue weighted by atomic mass is 10.4. The number of rotatable bonds is 3. The van der Waals surface area contributed by atoms with Crippen LogP contribution in [-0.2, 0) is 14.3 Å². The third-order valence-electron chi connectivity index (χ3n) is 1.75. The highest BCUT2D eigenvalue weighted by Crippen LogP contribution is 2.09. The zero-order chi connectivity index (χ0) is 11.7. The summed E-state index contributed by atoms with van der Waals surface area (Å²) in [6.45, 7) is 4.36. The first-order chi connectivity index (χ1) is 7.08. The minimum absolute atomic E-state index is 0.183. The maximum Gasteiger partial charge on any atom is 0.296 e. The van der Waals surface area contributed by atoms with Crippen molar-refractivity contribution in [3.8, 4) is 0 Å². The first-order valence-electron chi connectivity index (χ1n) is 4.94. The molecule has 15 heavy (non-hydrogen) atoms. The average molecular weight is 230 g/mol. The summed E-state index contributed by atoms with van der Waals surface area (Å²) in [5.74, 6) is 0. The molecule has 0 spiro atoms. The van der Waals surface area contributed by atoms with Crippen LogP contribution in [0.15, 0.2) is 35.2 Å². The lowest BCUT2D eigenvalue weighted by molar-refractivity contribution is 0.398. The SMILES string of the molecule is CCCC.COS(=O)(=O)c1ccccc1. The van der Waals surface area contributed by atoms with Crippen molar-refractivity contribution in [3.63, 3.8) is 0 Å². The van der Waals surface area contributed by atoms with Crippen LogP contribution in [0.3, 0.4) is 0 Å². The normalized spacial score (nSPS) is 10.3. The van der Waals surface area contributed by atoms with Gasteiger partial charge in [0.15, 0.2) is 0 Å². The maximum absolute atomic E-state index is 11.0. The van der Waals surface area contributed by atoms with E-state index >= 15 is 0 Å². The second-order valence-corrected chi connectivity index (χ2v) is 4.65. The van der Waals surface area contributed by atoms with Gasteiger partial charge in [-0.25, -0.2) is 0 Å². The fraction of sp³-hybridized carbons (Fsp3) is 0.455. The molecule has 0 aliphatic heterocycles. The molecule has 4 heteroatoms. The largest absolute Gasteiger partial charge is 0.296 e. The number of hydrogen-bond acceptors (Lipinski definition) is 3. The Bertz CT molecular complexity index is 341. The summed E-state index contributed by atoms with van der Waals surface area (Å²) in [7, 11) is -2.36. The van der Waals surface area contributed by atoms with Gasteiger partial charge in [-0.2, -0.15) is 8.42 Å². The average Bonchev–Trinajstić information content (AvgIpc) is 2.30. The minimum Gasteiger partial charge on any atom is -0.270 e. The van der Waals surface area contributed by atoms with E-state index in [-0.39, 0.29) is 4.90 Å². The summed E-state index contributed by atoms with van der Waals surface area (Å²) in [5.41, 5.74) is 0.